The third-order valence-corrected chi connectivity index (χ3v) is 2.50. The lowest BCUT2D eigenvalue weighted by Crippen LogP contribution is -2.24. The third-order valence-electron chi connectivity index (χ3n) is 1.90. The van der Waals surface area contributed by atoms with E-state index in [1.54, 1.807) is 0 Å². The van der Waals surface area contributed by atoms with Crippen LogP contribution in [0.4, 0.5) is 0 Å². The molecule has 0 aliphatic heterocycles. The fourth-order valence-corrected chi connectivity index (χ4v) is 1.98. The molecule has 0 aromatic carbocycles. The van der Waals surface area contributed by atoms with Crippen molar-refractivity contribution < 1.29 is 4.89 Å². The van der Waals surface area contributed by atoms with Gasteiger partial charge in [-0.1, -0.05) is 19.3 Å². The molecular weight excluding hydrogens is 147 g/mol. The summed E-state index contributed by atoms with van der Waals surface area (Å²) in [5.41, 5.74) is 0. The van der Waals surface area contributed by atoms with Crippen molar-refractivity contribution in [1.29, 1.82) is 5.00 Å². The Morgan fingerprint density at radius 1 is 1.30 bits per heavy atom. The van der Waals surface area contributed by atoms with Crippen molar-refractivity contribution in [3.8, 4) is 0 Å². The van der Waals surface area contributed by atoms with Crippen LogP contribution in [0.15, 0.2) is 0 Å². The molecule has 0 spiro atoms. The molecule has 0 aromatic rings. The molecule has 4 heteroatoms. The zero-order valence-corrected chi connectivity index (χ0v) is 6.85. The summed E-state index contributed by atoms with van der Waals surface area (Å²) in [5.74, 6) is 0. The quantitative estimate of drug-likeness (QED) is 0.574. The van der Waals surface area contributed by atoms with Crippen LogP contribution < -0.4 is 5.09 Å². The fourth-order valence-electron chi connectivity index (χ4n) is 1.39. The summed E-state index contributed by atoms with van der Waals surface area (Å²) in [6.45, 7) is 0. The second kappa shape index (κ2) is 3.95. The fraction of sp³-hybridized carbons (Fsp3) is 1.00. The summed E-state index contributed by atoms with van der Waals surface area (Å²) in [6, 6.07) is 0.356. The molecule has 10 heavy (non-hydrogen) atoms. The van der Waals surface area contributed by atoms with Crippen LogP contribution in [0.3, 0.4) is 0 Å². The van der Waals surface area contributed by atoms with Crippen LogP contribution in [0.1, 0.15) is 32.1 Å². The first-order chi connectivity index (χ1) is 4.79. The molecule has 3 nitrogen and oxygen atoms in total. The van der Waals surface area contributed by atoms with E-state index in [0.29, 0.717) is 6.04 Å². The lowest BCUT2D eigenvalue weighted by Gasteiger charge is -2.19. The summed E-state index contributed by atoms with van der Waals surface area (Å²) < 4.78 is 0. The highest BCUT2D eigenvalue weighted by atomic mass is 31.1. The number of nitrogens with zero attached hydrogens (tertiary/aromatic N) is 1. The minimum absolute atomic E-state index is 0.356. The van der Waals surface area contributed by atoms with Crippen molar-refractivity contribution in [3.63, 3.8) is 0 Å². The Morgan fingerprint density at radius 2 is 1.90 bits per heavy atom. The van der Waals surface area contributed by atoms with Crippen LogP contribution in [0, 0.1) is 5.00 Å². The molecule has 0 bridgehead atoms. The second-order valence-electron chi connectivity index (χ2n) is 2.75. The topological polar surface area (TPSA) is 56.0 Å². The van der Waals surface area contributed by atoms with E-state index in [-0.39, 0.29) is 0 Å². The van der Waals surface area contributed by atoms with Gasteiger partial charge in [0.25, 0.3) is 7.94 Å². The molecule has 0 amide bonds. The standard InChI is InChI=1S/C6H13N2OP/c7-10(9)8-6-4-2-1-3-5-6/h6,8-9H,1-5H2. The molecule has 58 valence electrons. The van der Waals surface area contributed by atoms with Crippen LogP contribution >= 0.6 is 7.94 Å². The molecule has 1 fully saturated rings. The maximum atomic E-state index is 8.61. The normalized spacial score (nSPS) is 22.6. The number of nitrogens with one attached hydrogen (secondary N) is 1. The van der Waals surface area contributed by atoms with Gasteiger partial charge in [0.05, 0.1) is 0 Å². The van der Waals surface area contributed by atoms with E-state index in [0.717, 1.165) is 12.8 Å². The van der Waals surface area contributed by atoms with Gasteiger partial charge in [-0.2, -0.15) is 5.00 Å². The largest absolute Gasteiger partial charge is 0.313 e. The highest BCUT2D eigenvalue weighted by molar-refractivity contribution is 7.34. The minimum Gasteiger partial charge on any atom is -0.313 e. The Labute approximate surface area is 61.9 Å². The first-order valence-electron chi connectivity index (χ1n) is 3.73. The van der Waals surface area contributed by atoms with Gasteiger partial charge in [-0.3, -0.25) is 0 Å². The van der Waals surface area contributed by atoms with Crippen molar-refractivity contribution in [3.05, 3.63) is 0 Å². The lowest BCUT2D eigenvalue weighted by molar-refractivity contribution is 0.413. The zero-order chi connectivity index (χ0) is 7.40. The summed E-state index contributed by atoms with van der Waals surface area (Å²) in [7, 11) is -1.87. The van der Waals surface area contributed by atoms with Crippen molar-refractivity contribution in [2.75, 3.05) is 0 Å². The summed E-state index contributed by atoms with van der Waals surface area (Å²) in [5, 5.41) is 11.4. The first-order valence-corrected chi connectivity index (χ1v) is 4.98. The monoisotopic (exact) mass is 160 g/mol. The second-order valence-corrected chi connectivity index (χ2v) is 3.59. The Hall–Kier alpha value is -0.0700. The summed E-state index contributed by atoms with van der Waals surface area (Å²) >= 11 is 0. The van der Waals surface area contributed by atoms with Crippen molar-refractivity contribution in [2.24, 2.45) is 0 Å². The van der Waals surface area contributed by atoms with Crippen molar-refractivity contribution in [1.82, 2.24) is 5.09 Å². The average molecular weight is 160 g/mol. The molecule has 1 rings (SSSR count). The summed E-state index contributed by atoms with van der Waals surface area (Å²) in [6.07, 6.45) is 5.94. The molecular formula is C6H13N2OP. The molecule has 1 aliphatic rings. The van der Waals surface area contributed by atoms with E-state index < -0.39 is 7.94 Å². The predicted octanol–water partition coefficient (Wildman–Crippen LogP) is 1.69. The van der Waals surface area contributed by atoms with E-state index in [1.807, 2.05) is 0 Å². The van der Waals surface area contributed by atoms with Crippen LogP contribution in [0.5, 0.6) is 0 Å². The maximum Gasteiger partial charge on any atom is 0.261 e. The molecule has 0 saturated heterocycles. The molecule has 0 radical (unpaired) electrons. The Bertz CT molecular complexity index is 157. The SMILES string of the molecule is N#P(O)NC1CCCCC1. The Balaban J connectivity index is 2.21. The van der Waals surface area contributed by atoms with E-state index in [9.17, 15) is 0 Å². The molecule has 1 saturated carbocycles. The van der Waals surface area contributed by atoms with E-state index >= 15 is 0 Å². The third kappa shape index (κ3) is 2.68. The first kappa shape index (κ1) is 8.03. The maximum absolute atomic E-state index is 8.61. The minimum atomic E-state index is -1.87. The van der Waals surface area contributed by atoms with E-state index in [4.69, 9.17) is 9.90 Å². The van der Waals surface area contributed by atoms with Gasteiger partial charge in [0.1, 0.15) is 0 Å². The average Bonchev–Trinajstić information content (AvgIpc) is 1.88. The van der Waals surface area contributed by atoms with Gasteiger partial charge >= 0.3 is 0 Å². The summed E-state index contributed by atoms with van der Waals surface area (Å²) in [4.78, 5) is 8.61. The van der Waals surface area contributed by atoms with Gasteiger partial charge in [0.2, 0.25) is 0 Å². The Morgan fingerprint density at radius 3 is 2.40 bits per heavy atom. The smallest absolute Gasteiger partial charge is 0.261 e. The molecule has 1 aliphatic carbocycles. The Kier molecular flexibility index (Phi) is 3.17. The van der Waals surface area contributed by atoms with Crippen LogP contribution in [-0.4, -0.2) is 10.9 Å². The molecule has 0 heterocycles. The van der Waals surface area contributed by atoms with Crippen LogP contribution in [0.25, 0.3) is 0 Å². The lowest BCUT2D eigenvalue weighted by atomic mass is 9.96. The number of rotatable bonds is 1. The van der Waals surface area contributed by atoms with Crippen LogP contribution in [0.2, 0.25) is 0 Å². The van der Waals surface area contributed by atoms with Gasteiger partial charge < -0.3 is 4.89 Å². The number of hydrogen-bond donors (Lipinski definition) is 2. The van der Waals surface area contributed by atoms with Gasteiger partial charge in [-0.15, -0.1) is 0 Å². The molecule has 2 N–H and O–H groups in total. The van der Waals surface area contributed by atoms with Gasteiger partial charge in [0.15, 0.2) is 0 Å². The van der Waals surface area contributed by atoms with Gasteiger partial charge in [-0.05, 0) is 12.8 Å². The van der Waals surface area contributed by atoms with Crippen LogP contribution in [-0.2, 0) is 0 Å². The highest BCUT2D eigenvalue weighted by Crippen LogP contribution is 2.20. The van der Waals surface area contributed by atoms with Gasteiger partial charge in [0, 0.05) is 6.04 Å². The van der Waals surface area contributed by atoms with E-state index in [1.165, 1.54) is 19.3 Å². The zero-order valence-electron chi connectivity index (χ0n) is 5.95. The molecule has 1 atom stereocenters. The predicted molar refractivity (Wildman–Crippen MR) is 40.9 cm³/mol. The molecule has 0 aromatic heterocycles. The van der Waals surface area contributed by atoms with E-state index in [2.05, 4.69) is 5.09 Å². The highest BCUT2D eigenvalue weighted by Gasteiger charge is 2.13. The molecule has 1 unspecified atom stereocenters. The number of hydrogen-bond acceptors (Lipinski definition) is 3. The van der Waals surface area contributed by atoms with Crippen molar-refractivity contribution >= 4 is 7.94 Å². The van der Waals surface area contributed by atoms with Gasteiger partial charge in [-0.25, -0.2) is 5.09 Å². The van der Waals surface area contributed by atoms with Crippen molar-refractivity contribution in [2.45, 2.75) is 38.1 Å².